The van der Waals surface area contributed by atoms with E-state index in [4.69, 9.17) is 5.73 Å². The largest absolute Gasteiger partial charge is 0.435 e. The van der Waals surface area contributed by atoms with E-state index < -0.39 is 22.7 Å². The fraction of sp³-hybridized carbons (Fsp3) is 0.111. The van der Waals surface area contributed by atoms with Crippen molar-refractivity contribution >= 4 is 22.4 Å². The summed E-state index contributed by atoms with van der Waals surface area (Å²) in [4.78, 5) is 14.9. The molecule has 4 nitrogen and oxygen atoms in total. The van der Waals surface area contributed by atoms with E-state index >= 15 is 0 Å². The van der Waals surface area contributed by atoms with Crippen molar-refractivity contribution in [1.29, 1.82) is 0 Å². The first-order valence-corrected chi connectivity index (χ1v) is 8.43. The molecule has 2 aromatic carbocycles. The number of anilines is 1. The lowest BCUT2D eigenvalue weighted by Crippen LogP contribution is -2.25. The van der Waals surface area contributed by atoms with Gasteiger partial charge in [-0.1, -0.05) is 65.9 Å². The number of thiazole rings is 1. The minimum atomic E-state index is -4.73. The van der Waals surface area contributed by atoms with Gasteiger partial charge in [0, 0.05) is 6.54 Å². The van der Waals surface area contributed by atoms with Gasteiger partial charge >= 0.3 is 6.18 Å². The Bertz CT molecular complexity index is 923. The van der Waals surface area contributed by atoms with Crippen LogP contribution >= 0.6 is 11.3 Å². The summed E-state index contributed by atoms with van der Waals surface area (Å²) in [7, 11) is 0. The molecule has 3 aromatic rings. The molecule has 1 heterocycles. The number of benzene rings is 2. The molecule has 0 aliphatic heterocycles. The molecule has 1 aromatic heterocycles. The van der Waals surface area contributed by atoms with Crippen LogP contribution in [-0.4, -0.2) is 10.9 Å². The van der Waals surface area contributed by atoms with Crippen LogP contribution in [0.3, 0.4) is 0 Å². The average Bonchev–Trinajstić information content (AvgIpc) is 3.03. The number of nitrogen functional groups attached to an aromatic ring is 1. The zero-order chi connectivity index (χ0) is 18.7. The second-order valence-corrected chi connectivity index (χ2v) is 6.46. The number of nitrogens with one attached hydrogen (secondary N) is 1. The summed E-state index contributed by atoms with van der Waals surface area (Å²) in [6.45, 7) is 0.0823. The topological polar surface area (TPSA) is 68.0 Å². The molecule has 134 valence electrons. The Labute approximate surface area is 151 Å². The first kappa shape index (κ1) is 17.9. The molecule has 26 heavy (non-hydrogen) atoms. The van der Waals surface area contributed by atoms with Crippen LogP contribution in [0.4, 0.5) is 18.3 Å². The molecule has 0 unspecified atom stereocenters. The summed E-state index contributed by atoms with van der Waals surface area (Å²) in [5.41, 5.74) is 6.73. The molecule has 0 atom stereocenters. The van der Waals surface area contributed by atoms with E-state index in [1.807, 2.05) is 48.5 Å². The van der Waals surface area contributed by atoms with E-state index in [-0.39, 0.29) is 11.7 Å². The van der Waals surface area contributed by atoms with Crippen molar-refractivity contribution in [2.45, 2.75) is 12.7 Å². The van der Waals surface area contributed by atoms with Crippen molar-refractivity contribution in [3.63, 3.8) is 0 Å². The quantitative estimate of drug-likeness (QED) is 0.711. The summed E-state index contributed by atoms with van der Waals surface area (Å²) in [6.07, 6.45) is -4.73. The fourth-order valence-corrected chi connectivity index (χ4v) is 3.28. The van der Waals surface area contributed by atoms with Crippen LogP contribution in [0, 0.1) is 0 Å². The number of alkyl halides is 3. The van der Waals surface area contributed by atoms with Crippen molar-refractivity contribution in [1.82, 2.24) is 10.3 Å². The van der Waals surface area contributed by atoms with Crippen LogP contribution in [0.25, 0.3) is 11.1 Å². The lowest BCUT2D eigenvalue weighted by molar-refractivity contribution is -0.141. The highest BCUT2D eigenvalue weighted by Gasteiger charge is 2.39. The molecule has 8 heteroatoms. The maximum atomic E-state index is 13.0. The van der Waals surface area contributed by atoms with E-state index in [0.29, 0.717) is 11.3 Å². The molecule has 0 saturated carbocycles. The van der Waals surface area contributed by atoms with E-state index in [0.717, 1.165) is 16.7 Å². The van der Waals surface area contributed by atoms with Gasteiger partial charge in [-0.3, -0.25) is 4.79 Å². The highest BCUT2D eigenvalue weighted by Crippen LogP contribution is 2.35. The van der Waals surface area contributed by atoms with Crippen LogP contribution in [0.2, 0.25) is 0 Å². The first-order valence-electron chi connectivity index (χ1n) is 7.61. The van der Waals surface area contributed by atoms with E-state index in [2.05, 4.69) is 10.3 Å². The summed E-state index contributed by atoms with van der Waals surface area (Å²) < 4.78 is 38.9. The molecule has 0 aliphatic rings. The van der Waals surface area contributed by atoms with Gasteiger partial charge in [0.05, 0.1) is 0 Å². The zero-order valence-electron chi connectivity index (χ0n) is 13.4. The lowest BCUT2D eigenvalue weighted by atomic mass is 10.00. The Morgan fingerprint density at radius 1 is 1.08 bits per heavy atom. The van der Waals surface area contributed by atoms with Crippen LogP contribution in [-0.2, 0) is 12.7 Å². The van der Waals surface area contributed by atoms with Crippen LogP contribution in [0.5, 0.6) is 0 Å². The minimum absolute atomic E-state index is 0.0823. The van der Waals surface area contributed by atoms with Gasteiger partial charge in [-0.25, -0.2) is 4.98 Å². The summed E-state index contributed by atoms with van der Waals surface area (Å²) in [5.74, 6) is -0.852. The molecular weight excluding hydrogens is 363 g/mol. The standard InChI is InChI=1S/C18H14F3N3OS/c19-18(20,21)15-14(26-17(22)24-15)16(25)23-10-12-8-4-5-9-13(12)11-6-2-1-3-7-11/h1-9H,10H2,(H2,22,24)(H,23,25). The van der Waals surface area contributed by atoms with Gasteiger partial charge in [0.25, 0.3) is 5.91 Å². The fourth-order valence-electron chi connectivity index (χ4n) is 2.51. The SMILES string of the molecule is Nc1nc(C(F)(F)F)c(C(=O)NCc2ccccc2-c2ccccc2)s1. The predicted octanol–water partition coefficient (Wildman–Crippen LogP) is 4.34. The van der Waals surface area contributed by atoms with E-state index in [1.54, 1.807) is 6.07 Å². The predicted molar refractivity (Wildman–Crippen MR) is 94.6 cm³/mol. The Balaban J connectivity index is 1.82. The molecule has 0 aliphatic carbocycles. The molecule has 3 N–H and O–H groups in total. The molecule has 0 fully saturated rings. The van der Waals surface area contributed by atoms with Crippen molar-refractivity contribution in [3.05, 3.63) is 70.7 Å². The van der Waals surface area contributed by atoms with Crippen molar-refractivity contribution in [2.24, 2.45) is 0 Å². The highest BCUT2D eigenvalue weighted by atomic mass is 32.1. The van der Waals surface area contributed by atoms with Gasteiger partial charge in [0.2, 0.25) is 0 Å². The Hall–Kier alpha value is -2.87. The Morgan fingerprint density at radius 2 is 1.73 bits per heavy atom. The Morgan fingerprint density at radius 3 is 2.42 bits per heavy atom. The van der Waals surface area contributed by atoms with Gasteiger partial charge in [-0.05, 0) is 16.7 Å². The van der Waals surface area contributed by atoms with E-state index in [9.17, 15) is 18.0 Å². The number of nitrogens with two attached hydrogens (primary N) is 1. The smallest absolute Gasteiger partial charge is 0.375 e. The third-order valence-electron chi connectivity index (χ3n) is 3.66. The Kier molecular flexibility index (Phi) is 4.94. The van der Waals surface area contributed by atoms with Crippen LogP contribution < -0.4 is 11.1 Å². The monoisotopic (exact) mass is 377 g/mol. The number of nitrogens with zero attached hydrogens (tertiary/aromatic N) is 1. The number of hydrogen-bond acceptors (Lipinski definition) is 4. The average molecular weight is 377 g/mol. The van der Waals surface area contributed by atoms with Gasteiger partial charge < -0.3 is 11.1 Å². The van der Waals surface area contributed by atoms with Gasteiger partial charge in [0.15, 0.2) is 10.8 Å². The second-order valence-electron chi connectivity index (χ2n) is 5.43. The first-order chi connectivity index (χ1) is 12.4. The van der Waals surface area contributed by atoms with Gasteiger partial charge in [-0.2, -0.15) is 13.2 Å². The maximum Gasteiger partial charge on any atom is 0.435 e. The number of halogens is 3. The summed E-state index contributed by atoms with van der Waals surface area (Å²) >= 11 is 0.520. The van der Waals surface area contributed by atoms with E-state index in [1.165, 1.54) is 0 Å². The third-order valence-corrected chi connectivity index (χ3v) is 4.54. The number of carbonyl (C=O) groups is 1. The van der Waals surface area contributed by atoms with Crippen LogP contribution in [0.15, 0.2) is 54.6 Å². The molecular formula is C18H14F3N3OS. The minimum Gasteiger partial charge on any atom is -0.375 e. The van der Waals surface area contributed by atoms with Gasteiger partial charge in [0.1, 0.15) is 4.88 Å². The van der Waals surface area contributed by atoms with Crippen molar-refractivity contribution < 1.29 is 18.0 Å². The molecule has 0 saturated heterocycles. The molecule has 3 rings (SSSR count). The highest BCUT2D eigenvalue weighted by molar-refractivity contribution is 7.17. The molecule has 0 spiro atoms. The van der Waals surface area contributed by atoms with Crippen molar-refractivity contribution in [3.8, 4) is 11.1 Å². The number of rotatable bonds is 4. The lowest BCUT2D eigenvalue weighted by Gasteiger charge is -2.11. The van der Waals surface area contributed by atoms with Crippen LogP contribution in [0.1, 0.15) is 20.9 Å². The number of aromatic nitrogens is 1. The normalized spacial score (nSPS) is 11.3. The maximum absolute atomic E-state index is 13.0. The number of amides is 1. The second kappa shape index (κ2) is 7.17. The zero-order valence-corrected chi connectivity index (χ0v) is 14.2. The molecule has 0 bridgehead atoms. The summed E-state index contributed by atoms with van der Waals surface area (Å²) in [5, 5.41) is 2.23. The van der Waals surface area contributed by atoms with Gasteiger partial charge in [-0.15, -0.1) is 0 Å². The third kappa shape index (κ3) is 3.85. The summed E-state index contributed by atoms with van der Waals surface area (Å²) in [6, 6.07) is 16.9. The number of hydrogen-bond donors (Lipinski definition) is 2. The molecule has 1 amide bonds. The number of carbonyl (C=O) groups excluding carboxylic acids is 1. The molecule has 0 radical (unpaired) electrons. The van der Waals surface area contributed by atoms with Crippen molar-refractivity contribution in [2.75, 3.05) is 5.73 Å².